The summed E-state index contributed by atoms with van der Waals surface area (Å²) in [5.41, 5.74) is 7.30. The summed E-state index contributed by atoms with van der Waals surface area (Å²) in [6, 6.07) is 17.9. The Morgan fingerprint density at radius 1 is 0.958 bits per heavy atom. The number of rotatable bonds is 2. The summed E-state index contributed by atoms with van der Waals surface area (Å²) in [5, 5.41) is 8.77. The molecule has 24 heavy (non-hydrogen) atoms. The molecule has 0 amide bonds. The van der Waals surface area contributed by atoms with Crippen LogP contribution in [0.4, 0.5) is 5.69 Å². The fraction of sp³-hybridized carbons (Fsp3) is 0.333. The van der Waals surface area contributed by atoms with Gasteiger partial charge in [0, 0.05) is 36.3 Å². The normalized spacial score (nSPS) is 19.8. The molecule has 3 nitrogen and oxygen atoms in total. The van der Waals surface area contributed by atoms with Crippen molar-refractivity contribution < 1.29 is 0 Å². The van der Waals surface area contributed by atoms with E-state index in [-0.39, 0.29) is 0 Å². The molecule has 122 valence electrons. The second kappa shape index (κ2) is 5.67. The molecule has 0 fully saturated rings. The van der Waals surface area contributed by atoms with Crippen molar-refractivity contribution in [2.45, 2.75) is 31.8 Å². The van der Waals surface area contributed by atoms with Gasteiger partial charge in [0.05, 0.1) is 11.6 Å². The summed E-state index contributed by atoms with van der Waals surface area (Å²) < 4.78 is 2.61. The average Bonchev–Trinajstić information content (AvgIpc) is 2.79. The van der Waals surface area contributed by atoms with E-state index >= 15 is 0 Å². The number of aromatic nitrogens is 1. The highest BCUT2D eigenvalue weighted by Crippen LogP contribution is 2.39. The van der Waals surface area contributed by atoms with Gasteiger partial charge in [0.15, 0.2) is 0 Å². The molecule has 0 spiro atoms. The van der Waals surface area contributed by atoms with E-state index in [1.807, 2.05) is 0 Å². The van der Waals surface area contributed by atoms with Crippen LogP contribution in [0.1, 0.15) is 29.3 Å². The van der Waals surface area contributed by atoms with Crippen molar-refractivity contribution in [3.05, 3.63) is 65.4 Å². The molecule has 0 saturated carbocycles. The summed E-state index contributed by atoms with van der Waals surface area (Å²) in [6.07, 6.45) is 3.45. The Morgan fingerprint density at radius 2 is 1.83 bits per heavy atom. The Kier molecular flexibility index (Phi) is 3.34. The maximum Gasteiger partial charge on any atom is 0.0551 e. The topological polar surface area (TPSA) is 29.0 Å². The first-order valence-electron chi connectivity index (χ1n) is 9.07. The number of benzene rings is 2. The first-order valence-corrected chi connectivity index (χ1v) is 9.07. The first kappa shape index (κ1) is 14.1. The van der Waals surface area contributed by atoms with Gasteiger partial charge < -0.3 is 15.2 Å². The van der Waals surface area contributed by atoms with Crippen molar-refractivity contribution in [2.75, 3.05) is 18.4 Å². The minimum atomic E-state index is 0.403. The molecule has 0 saturated heterocycles. The monoisotopic (exact) mass is 317 g/mol. The van der Waals surface area contributed by atoms with Crippen molar-refractivity contribution in [3.8, 4) is 0 Å². The van der Waals surface area contributed by atoms with Crippen LogP contribution in [-0.2, 0) is 19.4 Å². The zero-order valence-electron chi connectivity index (χ0n) is 13.9. The molecule has 3 heterocycles. The third-order valence-electron chi connectivity index (χ3n) is 5.56. The second-order valence-corrected chi connectivity index (χ2v) is 6.92. The predicted molar refractivity (Wildman–Crippen MR) is 99.6 cm³/mol. The van der Waals surface area contributed by atoms with Gasteiger partial charge in [0.2, 0.25) is 0 Å². The lowest BCUT2D eigenvalue weighted by Gasteiger charge is -2.28. The lowest BCUT2D eigenvalue weighted by Crippen LogP contribution is -2.21. The fourth-order valence-corrected chi connectivity index (χ4v) is 4.50. The molecule has 0 bridgehead atoms. The molecule has 2 aliphatic heterocycles. The first-order chi connectivity index (χ1) is 11.9. The van der Waals surface area contributed by atoms with Crippen LogP contribution >= 0.6 is 0 Å². The number of nitrogens with zero attached hydrogens (tertiary/aromatic N) is 1. The van der Waals surface area contributed by atoms with Gasteiger partial charge in [-0.25, -0.2) is 0 Å². The van der Waals surface area contributed by atoms with E-state index < -0.39 is 0 Å². The van der Waals surface area contributed by atoms with Crippen LogP contribution in [0.5, 0.6) is 0 Å². The Morgan fingerprint density at radius 3 is 2.75 bits per heavy atom. The van der Waals surface area contributed by atoms with Crippen LogP contribution in [0.2, 0.25) is 0 Å². The minimum absolute atomic E-state index is 0.403. The molecule has 2 aliphatic rings. The summed E-state index contributed by atoms with van der Waals surface area (Å²) in [7, 11) is 0. The SMILES string of the molecule is c1ccc(NC2CCn3c4c(c5cccc2c53)CCNCC4)cc1. The number of fused-ring (bicyclic) bond motifs is 3. The van der Waals surface area contributed by atoms with Gasteiger partial charge in [0.1, 0.15) is 0 Å². The van der Waals surface area contributed by atoms with Crippen LogP contribution in [0, 0.1) is 0 Å². The third-order valence-corrected chi connectivity index (χ3v) is 5.56. The molecular formula is C21H23N3. The maximum absolute atomic E-state index is 3.75. The Labute approximate surface area is 142 Å². The van der Waals surface area contributed by atoms with Crippen LogP contribution < -0.4 is 10.6 Å². The van der Waals surface area contributed by atoms with Crippen molar-refractivity contribution in [1.29, 1.82) is 0 Å². The Hall–Kier alpha value is -2.26. The molecule has 1 unspecified atom stereocenters. The van der Waals surface area contributed by atoms with E-state index in [0.717, 1.165) is 38.9 Å². The zero-order valence-corrected chi connectivity index (χ0v) is 13.9. The van der Waals surface area contributed by atoms with Gasteiger partial charge in [-0.2, -0.15) is 0 Å². The quantitative estimate of drug-likeness (QED) is 0.751. The van der Waals surface area contributed by atoms with Gasteiger partial charge in [-0.3, -0.25) is 0 Å². The summed E-state index contributed by atoms with van der Waals surface area (Å²) >= 11 is 0. The van der Waals surface area contributed by atoms with Gasteiger partial charge >= 0.3 is 0 Å². The van der Waals surface area contributed by atoms with Crippen molar-refractivity contribution in [3.63, 3.8) is 0 Å². The van der Waals surface area contributed by atoms with Crippen molar-refractivity contribution in [1.82, 2.24) is 9.88 Å². The number of hydrogen-bond acceptors (Lipinski definition) is 2. The highest BCUT2D eigenvalue weighted by Gasteiger charge is 2.27. The minimum Gasteiger partial charge on any atom is -0.378 e. The molecular weight excluding hydrogens is 294 g/mol. The lowest BCUT2D eigenvalue weighted by molar-refractivity contribution is 0.553. The van der Waals surface area contributed by atoms with E-state index in [4.69, 9.17) is 0 Å². The molecule has 1 aromatic heterocycles. The maximum atomic E-state index is 3.75. The highest BCUT2D eigenvalue weighted by atomic mass is 15.0. The summed E-state index contributed by atoms with van der Waals surface area (Å²) in [6.45, 7) is 3.32. The van der Waals surface area contributed by atoms with E-state index in [9.17, 15) is 0 Å². The van der Waals surface area contributed by atoms with Gasteiger partial charge in [-0.1, -0.05) is 36.4 Å². The van der Waals surface area contributed by atoms with Gasteiger partial charge in [-0.15, -0.1) is 0 Å². The average molecular weight is 317 g/mol. The number of aryl methyl sites for hydroxylation is 1. The van der Waals surface area contributed by atoms with Crippen molar-refractivity contribution in [2.24, 2.45) is 0 Å². The number of hydrogen-bond donors (Lipinski definition) is 2. The van der Waals surface area contributed by atoms with Gasteiger partial charge in [-0.05, 0) is 42.6 Å². The van der Waals surface area contributed by atoms with Crippen LogP contribution in [0.3, 0.4) is 0 Å². The smallest absolute Gasteiger partial charge is 0.0551 e. The van der Waals surface area contributed by atoms with E-state index in [1.54, 1.807) is 11.3 Å². The molecule has 2 N–H and O–H groups in total. The predicted octanol–water partition coefficient (Wildman–Crippen LogP) is 3.89. The Balaban J connectivity index is 1.63. The second-order valence-electron chi connectivity index (χ2n) is 6.92. The standard InChI is InChI=1S/C21H23N3/c1-2-5-15(6-3-1)23-19-11-14-24-20-10-13-22-12-9-16(20)17-7-4-8-18(19)21(17)24/h1-8,19,22-23H,9-14H2. The molecule has 5 rings (SSSR count). The van der Waals surface area contributed by atoms with Crippen molar-refractivity contribution >= 4 is 16.6 Å². The molecule has 2 aromatic carbocycles. The fourth-order valence-electron chi connectivity index (χ4n) is 4.50. The molecule has 0 aliphatic carbocycles. The Bertz CT molecular complexity index is 879. The summed E-state index contributed by atoms with van der Waals surface area (Å²) in [4.78, 5) is 0. The number of anilines is 1. The van der Waals surface area contributed by atoms with E-state index in [0.29, 0.717) is 6.04 Å². The zero-order chi connectivity index (χ0) is 15.9. The number of para-hydroxylation sites is 2. The molecule has 3 heteroatoms. The van der Waals surface area contributed by atoms with E-state index in [1.165, 1.54) is 22.2 Å². The molecule has 3 aromatic rings. The van der Waals surface area contributed by atoms with Gasteiger partial charge in [0.25, 0.3) is 0 Å². The lowest BCUT2D eigenvalue weighted by atomic mass is 9.97. The third kappa shape index (κ3) is 2.15. The van der Waals surface area contributed by atoms with E-state index in [2.05, 4.69) is 63.7 Å². The largest absolute Gasteiger partial charge is 0.378 e. The highest BCUT2D eigenvalue weighted by molar-refractivity contribution is 5.89. The van der Waals surface area contributed by atoms with Crippen LogP contribution in [0.15, 0.2) is 48.5 Å². The molecule has 1 atom stereocenters. The van der Waals surface area contributed by atoms with Crippen LogP contribution in [-0.4, -0.2) is 17.7 Å². The van der Waals surface area contributed by atoms with Crippen LogP contribution in [0.25, 0.3) is 10.9 Å². The molecule has 0 radical (unpaired) electrons. The summed E-state index contributed by atoms with van der Waals surface area (Å²) in [5.74, 6) is 0. The number of nitrogens with one attached hydrogen (secondary N) is 2.